The molecule has 1 saturated heterocycles. The number of nitrogens with one attached hydrogen (secondary N) is 1. The van der Waals surface area contributed by atoms with Crippen molar-refractivity contribution in [1.29, 1.82) is 0 Å². The molecule has 0 aromatic rings. The Labute approximate surface area is 133 Å². The van der Waals surface area contributed by atoms with Gasteiger partial charge >= 0.3 is 5.97 Å². The zero-order valence-electron chi connectivity index (χ0n) is 14.1. The van der Waals surface area contributed by atoms with E-state index in [1.165, 1.54) is 25.7 Å². The van der Waals surface area contributed by atoms with Gasteiger partial charge in [0, 0.05) is 37.0 Å². The molecule has 1 aliphatic heterocycles. The van der Waals surface area contributed by atoms with Crippen LogP contribution in [0.15, 0.2) is 0 Å². The summed E-state index contributed by atoms with van der Waals surface area (Å²) in [6.45, 7) is 7.46. The van der Waals surface area contributed by atoms with Gasteiger partial charge in [0.25, 0.3) is 0 Å². The van der Waals surface area contributed by atoms with Gasteiger partial charge in [0.2, 0.25) is 5.91 Å². The van der Waals surface area contributed by atoms with Gasteiger partial charge in [-0.15, -0.1) is 0 Å². The number of carbonyl (C=O) groups is 2. The van der Waals surface area contributed by atoms with Gasteiger partial charge in [0.1, 0.15) is 0 Å². The van der Waals surface area contributed by atoms with Crippen LogP contribution in [0.1, 0.15) is 59.3 Å². The molecule has 1 aliphatic carbocycles. The second-order valence-corrected chi connectivity index (χ2v) is 8.01. The number of piperidine rings is 1. The van der Waals surface area contributed by atoms with Crippen molar-refractivity contribution in [1.82, 2.24) is 10.2 Å². The maximum Gasteiger partial charge on any atom is 0.303 e. The average molecular weight is 310 g/mol. The highest BCUT2D eigenvalue weighted by Crippen LogP contribution is 2.29. The molecule has 2 N–H and O–H groups in total. The Morgan fingerprint density at radius 1 is 1.18 bits per heavy atom. The van der Waals surface area contributed by atoms with Crippen LogP contribution in [0, 0.1) is 11.3 Å². The third-order valence-electron chi connectivity index (χ3n) is 4.89. The monoisotopic (exact) mass is 310 g/mol. The predicted octanol–water partition coefficient (Wildman–Crippen LogP) is 2.26. The number of carbonyl (C=O) groups excluding carboxylic acids is 1. The van der Waals surface area contributed by atoms with Crippen LogP contribution in [-0.2, 0) is 9.59 Å². The number of nitrogens with zero attached hydrogens (tertiary/aromatic N) is 1. The molecule has 2 aliphatic rings. The summed E-state index contributed by atoms with van der Waals surface area (Å²) < 4.78 is 0. The number of hydrogen-bond donors (Lipinski definition) is 2. The molecule has 5 heteroatoms. The van der Waals surface area contributed by atoms with Crippen molar-refractivity contribution in [3.8, 4) is 0 Å². The van der Waals surface area contributed by atoms with Gasteiger partial charge in [-0.3, -0.25) is 14.5 Å². The van der Waals surface area contributed by atoms with Crippen molar-refractivity contribution in [3.63, 3.8) is 0 Å². The Kier molecular flexibility index (Phi) is 5.48. The molecule has 126 valence electrons. The van der Waals surface area contributed by atoms with E-state index in [9.17, 15) is 9.59 Å². The lowest BCUT2D eigenvalue weighted by Crippen LogP contribution is -2.55. The van der Waals surface area contributed by atoms with E-state index in [1.54, 1.807) is 0 Å². The molecular formula is C17H30N2O3. The van der Waals surface area contributed by atoms with Crippen molar-refractivity contribution in [3.05, 3.63) is 0 Å². The molecular weight excluding hydrogens is 280 g/mol. The van der Waals surface area contributed by atoms with Crippen LogP contribution >= 0.6 is 0 Å². The van der Waals surface area contributed by atoms with E-state index in [-0.39, 0.29) is 24.3 Å². The maximum absolute atomic E-state index is 12.2. The first-order valence-electron chi connectivity index (χ1n) is 8.52. The molecule has 2 atom stereocenters. The first-order chi connectivity index (χ1) is 10.3. The quantitative estimate of drug-likeness (QED) is 0.835. The number of rotatable bonds is 4. The SMILES string of the molecule is CC(C)(C)C(=O)NC1CC(CC(=O)O)CN(C2CCCC2)C1. The minimum absolute atomic E-state index is 0.0554. The van der Waals surface area contributed by atoms with Crippen LogP contribution in [-0.4, -0.2) is 47.1 Å². The third-order valence-corrected chi connectivity index (χ3v) is 4.89. The summed E-state index contributed by atoms with van der Waals surface area (Å²) in [5.41, 5.74) is -0.405. The van der Waals surface area contributed by atoms with E-state index in [4.69, 9.17) is 5.11 Å². The average Bonchev–Trinajstić information content (AvgIpc) is 2.90. The molecule has 22 heavy (non-hydrogen) atoms. The normalized spacial score (nSPS) is 27.8. The van der Waals surface area contributed by atoms with Crippen LogP contribution < -0.4 is 5.32 Å². The van der Waals surface area contributed by atoms with Gasteiger partial charge < -0.3 is 10.4 Å². The lowest BCUT2D eigenvalue weighted by atomic mass is 9.88. The zero-order chi connectivity index (χ0) is 16.3. The summed E-state index contributed by atoms with van der Waals surface area (Å²) in [6, 6.07) is 0.649. The second kappa shape index (κ2) is 6.99. The Morgan fingerprint density at radius 3 is 2.36 bits per heavy atom. The van der Waals surface area contributed by atoms with Crippen LogP contribution in [0.4, 0.5) is 0 Å². The number of hydrogen-bond acceptors (Lipinski definition) is 3. The minimum Gasteiger partial charge on any atom is -0.481 e. The largest absolute Gasteiger partial charge is 0.481 e. The summed E-state index contributed by atoms with van der Waals surface area (Å²) in [5.74, 6) is -0.545. The Bertz CT molecular complexity index is 411. The number of carboxylic acids is 1. The van der Waals surface area contributed by atoms with E-state index >= 15 is 0 Å². The van der Waals surface area contributed by atoms with E-state index in [2.05, 4.69) is 10.2 Å². The molecule has 1 amide bonds. The Balaban J connectivity index is 2.01. The van der Waals surface area contributed by atoms with Crippen LogP contribution in [0.2, 0.25) is 0 Å². The van der Waals surface area contributed by atoms with Crippen molar-refractivity contribution >= 4 is 11.9 Å². The number of likely N-dealkylation sites (tertiary alicyclic amines) is 1. The van der Waals surface area contributed by atoms with Gasteiger partial charge in [-0.2, -0.15) is 0 Å². The highest BCUT2D eigenvalue weighted by Gasteiger charge is 2.35. The molecule has 0 bridgehead atoms. The maximum atomic E-state index is 12.2. The molecule has 2 unspecified atom stereocenters. The second-order valence-electron chi connectivity index (χ2n) is 8.01. The molecule has 2 rings (SSSR count). The number of carboxylic acid groups (broad SMARTS) is 1. The van der Waals surface area contributed by atoms with Crippen LogP contribution in [0.5, 0.6) is 0 Å². The van der Waals surface area contributed by atoms with Gasteiger partial charge in [0.05, 0.1) is 0 Å². The predicted molar refractivity (Wildman–Crippen MR) is 85.6 cm³/mol. The molecule has 0 aromatic heterocycles. The summed E-state index contributed by atoms with van der Waals surface area (Å²) in [4.78, 5) is 25.7. The van der Waals surface area contributed by atoms with E-state index in [0.717, 1.165) is 19.5 Å². The van der Waals surface area contributed by atoms with Crippen molar-refractivity contribution in [2.45, 2.75) is 71.4 Å². The van der Waals surface area contributed by atoms with Crippen LogP contribution in [0.3, 0.4) is 0 Å². The van der Waals surface area contributed by atoms with Crippen molar-refractivity contribution in [2.24, 2.45) is 11.3 Å². The molecule has 0 spiro atoms. The lowest BCUT2D eigenvalue weighted by Gasteiger charge is -2.41. The van der Waals surface area contributed by atoms with Crippen molar-refractivity contribution in [2.75, 3.05) is 13.1 Å². The van der Waals surface area contributed by atoms with E-state index in [1.807, 2.05) is 20.8 Å². The minimum atomic E-state index is -0.737. The fourth-order valence-corrected chi connectivity index (χ4v) is 3.71. The summed E-state index contributed by atoms with van der Waals surface area (Å²) in [6.07, 6.45) is 5.93. The number of amides is 1. The highest BCUT2D eigenvalue weighted by atomic mass is 16.4. The summed E-state index contributed by atoms with van der Waals surface area (Å²) in [5, 5.41) is 12.3. The van der Waals surface area contributed by atoms with Crippen LogP contribution in [0.25, 0.3) is 0 Å². The van der Waals surface area contributed by atoms with Gasteiger partial charge in [-0.1, -0.05) is 33.6 Å². The van der Waals surface area contributed by atoms with E-state index in [0.29, 0.717) is 6.04 Å². The fourth-order valence-electron chi connectivity index (χ4n) is 3.71. The Hall–Kier alpha value is -1.10. The first kappa shape index (κ1) is 17.3. The molecule has 2 fully saturated rings. The van der Waals surface area contributed by atoms with Gasteiger partial charge in [-0.05, 0) is 25.2 Å². The number of aliphatic carboxylic acids is 1. The van der Waals surface area contributed by atoms with Gasteiger partial charge in [0.15, 0.2) is 0 Å². The molecule has 0 aromatic carbocycles. The lowest BCUT2D eigenvalue weighted by molar-refractivity contribution is -0.138. The molecule has 1 saturated carbocycles. The highest BCUT2D eigenvalue weighted by molar-refractivity contribution is 5.81. The zero-order valence-corrected chi connectivity index (χ0v) is 14.1. The van der Waals surface area contributed by atoms with Gasteiger partial charge in [-0.25, -0.2) is 0 Å². The topological polar surface area (TPSA) is 69.6 Å². The smallest absolute Gasteiger partial charge is 0.303 e. The Morgan fingerprint density at radius 2 is 1.82 bits per heavy atom. The summed E-state index contributed by atoms with van der Waals surface area (Å²) >= 11 is 0. The molecule has 1 heterocycles. The summed E-state index contributed by atoms with van der Waals surface area (Å²) in [7, 11) is 0. The molecule has 5 nitrogen and oxygen atoms in total. The first-order valence-corrected chi connectivity index (χ1v) is 8.52. The van der Waals surface area contributed by atoms with E-state index < -0.39 is 11.4 Å². The third kappa shape index (κ3) is 4.70. The fraction of sp³-hybridized carbons (Fsp3) is 0.882. The molecule has 0 radical (unpaired) electrons. The van der Waals surface area contributed by atoms with Crippen molar-refractivity contribution < 1.29 is 14.7 Å². The standard InChI is InChI=1S/C17H30N2O3/c1-17(2,3)16(22)18-13-8-12(9-15(20)21)10-19(11-13)14-6-4-5-7-14/h12-14H,4-11H2,1-3H3,(H,18,22)(H,20,21).